The Hall–Kier alpha value is -1.88. The molecule has 3 rings (SSSR count). The third-order valence-corrected chi connectivity index (χ3v) is 5.88. The van der Waals surface area contributed by atoms with Gasteiger partial charge in [-0.2, -0.15) is 48.6 Å². The van der Waals surface area contributed by atoms with E-state index < -0.39 is 45.2 Å². The van der Waals surface area contributed by atoms with Crippen LogP contribution in [0.15, 0.2) is 12.2 Å². The molecule has 0 aromatic rings. The second kappa shape index (κ2) is 6.81. The minimum Gasteiger partial charge on any atom is -0.281 e. The van der Waals surface area contributed by atoms with E-state index in [4.69, 9.17) is 9.76 Å². The number of hydroxylamine groups is 2. The first-order valence-electron chi connectivity index (χ1n) is 7.62. The lowest BCUT2D eigenvalue weighted by molar-refractivity contribution is -0.380. The van der Waals surface area contributed by atoms with Gasteiger partial charge in [-0.15, -0.1) is 0 Å². The second-order valence-electron chi connectivity index (χ2n) is 6.63. The molecule has 1 saturated heterocycles. The Kier molecular flexibility index (Phi) is 5.54. The molecule has 4 atom stereocenters. The van der Waals surface area contributed by atoms with Crippen LogP contribution in [0, 0.1) is 23.7 Å². The van der Waals surface area contributed by atoms with Crippen molar-refractivity contribution in [2.45, 2.75) is 29.7 Å². The number of hydrogen-bond acceptors (Lipinski definition) is 5. The van der Waals surface area contributed by atoms with E-state index in [-0.39, 0.29) is 23.7 Å². The number of allylic oxidation sites excluding steroid dienone is 2. The summed E-state index contributed by atoms with van der Waals surface area (Å²) in [6.07, 6.45) is -9.71. The normalized spacial score (nSPS) is 29.2. The second-order valence-corrected chi connectivity index (χ2v) is 8.10. The van der Waals surface area contributed by atoms with Crippen LogP contribution in [0.3, 0.4) is 0 Å². The largest absolute Gasteiger partial charge is 0.439 e. The van der Waals surface area contributed by atoms with Crippen LogP contribution in [0.2, 0.25) is 0 Å². The van der Waals surface area contributed by atoms with Crippen LogP contribution in [0.25, 0.3) is 0 Å². The van der Waals surface area contributed by atoms with E-state index >= 15 is 0 Å². The number of carbonyl (C=O) groups is 2. The molecule has 0 radical (unpaired) electrons. The van der Waals surface area contributed by atoms with Crippen molar-refractivity contribution in [3.63, 3.8) is 0 Å². The molecular formula is C13H10F9NO6S. The predicted octanol–water partition coefficient (Wildman–Crippen LogP) is 2.48. The standard InChI is InChI=1S/C9H9NO3.C4HF9O3S/c11-8-6-4-1-2-5(3-4)7(6)9(12)10(8)13;5-1(2(6,7)8,3(9,10)11)4(12,13)17(14,15)16/h1-2,4-7,13H,3H2;(H,14,15,16). The Morgan fingerprint density at radius 2 is 1.17 bits per heavy atom. The van der Waals surface area contributed by atoms with Crippen LogP contribution in [0.5, 0.6) is 0 Å². The van der Waals surface area contributed by atoms with E-state index in [1.165, 1.54) is 0 Å². The molecule has 2 N–H and O–H groups in total. The van der Waals surface area contributed by atoms with Crippen molar-refractivity contribution in [3.05, 3.63) is 12.2 Å². The highest BCUT2D eigenvalue weighted by molar-refractivity contribution is 7.87. The molecule has 3 aliphatic rings. The van der Waals surface area contributed by atoms with Gasteiger partial charge in [0, 0.05) is 0 Å². The number of halogens is 9. The lowest BCUT2D eigenvalue weighted by Crippen LogP contribution is -2.66. The lowest BCUT2D eigenvalue weighted by atomic mass is 9.85. The molecular weight excluding hydrogens is 469 g/mol. The monoisotopic (exact) mass is 479 g/mol. The molecule has 2 fully saturated rings. The van der Waals surface area contributed by atoms with Gasteiger partial charge in [0.05, 0.1) is 11.8 Å². The van der Waals surface area contributed by atoms with Gasteiger partial charge in [0.15, 0.2) is 0 Å². The van der Waals surface area contributed by atoms with Crippen molar-refractivity contribution in [1.82, 2.24) is 5.06 Å². The topological polar surface area (TPSA) is 112 Å². The first-order chi connectivity index (χ1) is 13.2. The van der Waals surface area contributed by atoms with E-state index in [1.54, 1.807) is 0 Å². The van der Waals surface area contributed by atoms with E-state index in [0.717, 1.165) is 6.42 Å². The molecule has 1 aliphatic heterocycles. The molecule has 17 heteroatoms. The molecule has 2 bridgehead atoms. The zero-order valence-corrected chi connectivity index (χ0v) is 14.8. The minimum atomic E-state index is -7.42. The third-order valence-electron chi connectivity index (χ3n) is 4.95. The van der Waals surface area contributed by atoms with Gasteiger partial charge in [0.25, 0.3) is 11.8 Å². The van der Waals surface area contributed by atoms with Crippen LogP contribution in [-0.4, -0.2) is 58.3 Å². The van der Waals surface area contributed by atoms with Crippen LogP contribution in [-0.2, 0) is 19.7 Å². The number of fused-ring (bicyclic) bond motifs is 5. The first-order valence-corrected chi connectivity index (χ1v) is 9.06. The molecule has 2 aliphatic carbocycles. The Labute approximate surface area is 160 Å². The van der Waals surface area contributed by atoms with Crippen LogP contribution in [0.4, 0.5) is 39.5 Å². The maximum atomic E-state index is 12.5. The molecule has 2 amide bonds. The smallest absolute Gasteiger partial charge is 0.281 e. The van der Waals surface area contributed by atoms with E-state index in [2.05, 4.69) is 0 Å². The highest BCUT2D eigenvalue weighted by Crippen LogP contribution is 2.56. The first kappa shape index (κ1) is 24.4. The maximum absolute atomic E-state index is 12.5. The zero-order valence-electron chi connectivity index (χ0n) is 14.0. The van der Waals surface area contributed by atoms with Gasteiger partial charge < -0.3 is 0 Å². The van der Waals surface area contributed by atoms with Gasteiger partial charge in [-0.3, -0.25) is 19.3 Å². The average molecular weight is 479 g/mol. The number of nitrogens with zero attached hydrogens (tertiary/aromatic N) is 1. The summed E-state index contributed by atoms with van der Waals surface area (Å²) in [7, 11) is -7.27. The highest BCUT2D eigenvalue weighted by Gasteiger charge is 2.88. The Bertz CT molecular complexity index is 837. The highest BCUT2D eigenvalue weighted by atomic mass is 32.2. The van der Waals surface area contributed by atoms with Gasteiger partial charge in [-0.1, -0.05) is 12.2 Å². The summed E-state index contributed by atoms with van der Waals surface area (Å²) in [4.78, 5) is 22.8. The average Bonchev–Trinajstić information content (AvgIpc) is 3.22. The van der Waals surface area contributed by atoms with Crippen molar-refractivity contribution in [2.75, 3.05) is 0 Å². The number of imide groups is 1. The molecule has 1 saturated carbocycles. The van der Waals surface area contributed by atoms with Gasteiger partial charge in [0.2, 0.25) is 0 Å². The SMILES string of the molecule is O=C1C2C3C=CC(C3)C2C(=O)N1O.O=S(=O)(O)C(F)(F)C(F)(C(F)(F)F)C(F)(F)F. The zero-order chi connectivity index (χ0) is 23.7. The van der Waals surface area contributed by atoms with Crippen LogP contribution < -0.4 is 0 Å². The molecule has 7 nitrogen and oxygen atoms in total. The van der Waals surface area contributed by atoms with Gasteiger partial charge in [-0.05, 0) is 18.3 Å². The van der Waals surface area contributed by atoms with Crippen molar-refractivity contribution in [2.24, 2.45) is 23.7 Å². The summed E-state index contributed by atoms with van der Waals surface area (Å²) in [5.41, 5.74) is -7.42. The van der Waals surface area contributed by atoms with Crippen molar-refractivity contribution < 1.29 is 67.3 Å². The number of amides is 2. The molecule has 4 unspecified atom stereocenters. The van der Waals surface area contributed by atoms with Crippen LogP contribution >= 0.6 is 0 Å². The maximum Gasteiger partial charge on any atom is 0.439 e. The Morgan fingerprint density at radius 3 is 1.40 bits per heavy atom. The molecule has 172 valence electrons. The number of hydrogen-bond donors (Lipinski definition) is 2. The molecule has 0 spiro atoms. The summed E-state index contributed by atoms with van der Waals surface area (Å²) < 4.78 is 134. The summed E-state index contributed by atoms with van der Waals surface area (Å²) >= 11 is 0. The van der Waals surface area contributed by atoms with E-state index in [0.29, 0.717) is 5.06 Å². The number of carbonyl (C=O) groups excluding carboxylic acids is 2. The van der Waals surface area contributed by atoms with E-state index in [9.17, 15) is 57.5 Å². The lowest BCUT2D eigenvalue weighted by Gasteiger charge is -2.33. The third kappa shape index (κ3) is 3.26. The van der Waals surface area contributed by atoms with Gasteiger partial charge in [0.1, 0.15) is 0 Å². The molecule has 1 heterocycles. The summed E-state index contributed by atoms with van der Waals surface area (Å²) in [6.45, 7) is 0. The molecule has 0 aromatic heterocycles. The van der Waals surface area contributed by atoms with Crippen molar-refractivity contribution >= 4 is 21.9 Å². The van der Waals surface area contributed by atoms with Crippen molar-refractivity contribution in [1.29, 1.82) is 0 Å². The fourth-order valence-corrected chi connectivity index (χ4v) is 4.14. The van der Waals surface area contributed by atoms with Crippen LogP contribution in [0.1, 0.15) is 6.42 Å². The van der Waals surface area contributed by atoms with Gasteiger partial charge >= 0.3 is 33.4 Å². The molecule has 30 heavy (non-hydrogen) atoms. The van der Waals surface area contributed by atoms with E-state index in [1.807, 2.05) is 12.2 Å². The Morgan fingerprint density at radius 1 is 0.833 bits per heavy atom. The predicted molar refractivity (Wildman–Crippen MR) is 73.8 cm³/mol. The Balaban J connectivity index is 0.000000218. The summed E-state index contributed by atoms with van der Waals surface area (Å²) in [5.74, 6) is -0.995. The quantitative estimate of drug-likeness (QED) is 0.207. The van der Waals surface area contributed by atoms with Gasteiger partial charge in [-0.25, -0.2) is 4.39 Å². The minimum absolute atomic E-state index is 0.184. The molecule has 0 aromatic carbocycles. The summed E-state index contributed by atoms with van der Waals surface area (Å²) in [6, 6.07) is 0. The summed E-state index contributed by atoms with van der Waals surface area (Å²) in [5, 5.41) is 2.32. The fraction of sp³-hybridized carbons (Fsp3) is 0.692. The number of alkyl halides is 9. The van der Waals surface area contributed by atoms with Crippen molar-refractivity contribution in [3.8, 4) is 0 Å². The fourth-order valence-electron chi connectivity index (χ4n) is 3.56. The number of rotatable bonds is 2.